The molecule has 0 amide bonds. The Balaban J connectivity index is 0.00000225. The molecule has 254 valence electrons. The van der Waals surface area contributed by atoms with Gasteiger partial charge in [0.1, 0.15) is 0 Å². The maximum absolute atomic E-state index is 5.75. The molecule has 7 rings (SSSR count). The van der Waals surface area contributed by atoms with Gasteiger partial charge in [0.2, 0.25) is 0 Å². The first kappa shape index (κ1) is 37.4. The van der Waals surface area contributed by atoms with E-state index < -0.39 is 26.4 Å². The zero-order chi connectivity index (χ0) is 33.4. The zero-order valence-electron chi connectivity index (χ0n) is 31.4. The molecule has 0 nitrogen and oxygen atoms in total. The van der Waals surface area contributed by atoms with Gasteiger partial charge in [0.25, 0.3) is 0 Å². The second kappa shape index (κ2) is 11.6. The molecule has 0 aromatic heterocycles. The summed E-state index contributed by atoms with van der Waals surface area (Å²) in [7, 11) is -1.53. The van der Waals surface area contributed by atoms with Crippen molar-refractivity contribution in [2.75, 3.05) is 0 Å². The van der Waals surface area contributed by atoms with Crippen LogP contribution in [-0.4, -0.2) is 12.3 Å². The second-order valence-electron chi connectivity index (χ2n) is 17.5. The van der Waals surface area contributed by atoms with Crippen LogP contribution in [0.1, 0.15) is 95.7 Å². The fourth-order valence-corrected chi connectivity index (χ4v) is 33.0. The molecule has 3 aromatic carbocycles. The zero-order valence-corrected chi connectivity index (χ0v) is 36.5. The molecule has 0 spiro atoms. The molecule has 0 heterocycles. The monoisotopic (exact) mass is 772 g/mol. The average Bonchev–Trinajstić information content (AvgIpc) is 3.63. The number of allylic oxidation sites excluding steroid dienone is 8. The fourth-order valence-electron chi connectivity index (χ4n) is 11.2. The van der Waals surface area contributed by atoms with Crippen LogP contribution in [0.2, 0.25) is 23.8 Å². The first-order chi connectivity index (χ1) is 21.4. The first-order valence-corrected chi connectivity index (χ1v) is 28.3. The molecule has 1 unspecified atom stereocenters. The van der Waals surface area contributed by atoms with E-state index in [1.165, 1.54) is 58.9 Å². The number of hydrogen-bond acceptors (Lipinski definition) is 0. The molecule has 4 aliphatic rings. The predicted molar refractivity (Wildman–Crippen MR) is 218 cm³/mol. The van der Waals surface area contributed by atoms with Crippen LogP contribution in [0.5, 0.6) is 0 Å². The molecule has 0 aliphatic heterocycles. The molecule has 0 radical (unpaired) electrons. The Morgan fingerprint density at radius 2 is 1.35 bits per heavy atom. The SMILES string of the molecule is Cl.Cl.[CH2]=[Zr]([CH2]C)([C]1=C(C)C([Si](C)(C)C)=CC1C)([C]1=C(C)c2cc3c(cc2C1(C)C)Cc1cc2c(cc1-3)C(C)=CC2(C)C)[c]1ccccc1. The van der Waals surface area contributed by atoms with Crippen LogP contribution in [0.4, 0.5) is 0 Å². The summed E-state index contributed by atoms with van der Waals surface area (Å²) >= 11 is -4.44. The van der Waals surface area contributed by atoms with Crippen molar-refractivity contribution in [2.24, 2.45) is 5.92 Å². The number of halogens is 2. The van der Waals surface area contributed by atoms with Crippen molar-refractivity contribution < 1.29 is 18.3 Å². The van der Waals surface area contributed by atoms with Crippen LogP contribution >= 0.6 is 24.8 Å². The summed E-state index contributed by atoms with van der Waals surface area (Å²) in [6, 6.07) is 21.9. The summed E-state index contributed by atoms with van der Waals surface area (Å²) < 4.78 is 11.8. The summed E-state index contributed by atoms with van der Waals surface area (Å²) in [6.45, 7) is 29.5. The number of rotatable bonds is 5. The van der Waals surface area contributed by atoms with Gasteiger partial charge in [-0.15, -0.1) is 24.8 Å². The minimum absolute atomic E-state index is 0. The molecule has 0 bridgehead atoms. The molecule has 1 atom stereocenters. The van der Waals surface area contributed by atoms with Crippen molar-refractivity contribution in [1.29, 1.82) is 0 Å². The van der Waals surface area contributed by atoms with E-state index in [0.29, 0.717) is 5.92 Å². The molecule has 48 heavy (non-hydrogen) atoms. The summed E-state index contributed by atoms with van der Waals surface area (Å²) in [5, 5.41) is 1.66. The second-order valence-corrected chi connectivity index (χ2v) is 36.6. The third-order valence-corrected chi connectivity index (χ3v) is 33.8. The Labute approximate surface area is 305 Å². The van der Waals surface area contributed by atoms with Crippen molar-refractivity contribution in [3.05, 3.63) is 117 Å². The van der Waals surface area contributed by atoms with E-state index in [-0.39, 0.29) is 35.6 Å². The van der Waals surface area contributed by atoms with Gasteiger partial charge in [-0.25, -0.2) is 0 Å². The van der Waals surface area contributed by atoms with Gasteiger partial charge in [0.05, 0.1) is 0 Å². The van der Waals surface area contributed by atoms with Crippen molar-refractivity contribution in [3.8, 4) is 11.1 Å². The van der Waals surface area contributed by atoms with E-state index in [2.05, 4.69) is 149 Å². The topological polar surface area (TPSA) is 0 Å². The van der Waals surface area contributed by atoms with E-state index >= 15 is 0 Å². The maximum atomic E-state index is 5.75. The van der Waals surface area contributed by atoms with Gasteiger partial charge in [-0.3, -0.25) is 0 Å². The molecular formula is C44H56Cl2SiZr. The van der Waals surface area contributed by atoms with E-state index in [9.17, 15) is 0 Å². The summed E-state index contributed by atoms with van der Waals surface area (Å²) in [4.78, 5) is 0. The van der Waals surface area contributed by atoms with Crippen LogP contribution in [0.25, 0.3) is 22.3 Å². The Morgan fingerprint density at radius 1 is 0.792 bits per heavy atom. The van der Waals surface area contributed by atoms with Crippen molar-refractivity contribution >= 4 is 51.5 Å². The molecule has 4 heteroatoms. The van der Waals surface area contributed by atoms with Gasteiger partial charge < -0.3 is 0 Å². The quantitative estimate of drug-likeness (QED) is 0.177. The van der Waals surface area contributed by atoms with E-state index in [1.807, 2.05) is 0 Å². The molecule has 0 fully saturated rings. The van der Waals surface area contributed by atoms with Gasteiger partial charge in [-0.1, -0.05) is 0 Å². The standard InChI is InChI=1S/C25H25.C10H17Si.C6H5.C2H5.CH2.2ClH.Zr/c1-14-12-24(3,4)22-8-16-7-17-9-23-19(15(2)13-25(23,5)6)11-21(17)20(16)10-18(14)22;1-8-6-9(2)10(7-8)11(3,4)5;1-2-4-6-5-3-1;1-2;;;;/h8-12H,7H2,1-6H3;7-8H,1-5H3;1-5H;1H2,2H3;1H2;2*1H;. The molecule has 0 saturated carbocycles. The molecule has 4 aliphatic carbocycles. The molecule has 0 N–H and O–H groups in total. The van der Waals surface area contributed by atoms with E-state index in [4.69, 9.17) is 4.21 Å². The number of fused-ring (bicyclic) bond motifs is 5. The normalized spacial score (nSPS) is 20.4. The third-order valence-electron chi connectivity index (χ3n) is 12.9. The Kier molecular flexibility index (Phi) is 9.04. The van der Waals surface area contributed by atoms with E-state index in [0.717, 1.165) is 10.5 Å². The summed E-state index contributed by atoms with van der Waals surface area (Å²) in [6.07, 6.45) is 6.14. The van der Waals surface area contributed by atoms with Gasteiger partial charge in [0.15, 0.2) is 0 Å². The van der Waals surface area contributed by atoms with Crippen LogP contribution in [-0.2, 0) is 35.5 Å². The Hall–Kier alpha value is -1.83. The van der Waals surface area contributed by atoms with Crippen LogP contribution < -0.4 is 3.27 Å². The number of hydrogen-bond donors (Lipinski definition) is 0. The Bertz CT molecular complexity index is 2080. The minimum atomic E-state index is -4.44. The number of benzene rings is 3. The van der Waals surface area contributed by atoms with Crippen LogP contribution in [0.15, 0.2) is 84.1 Å². The van der Waals surface area contributed by atoms with Crippen molar-refractivity contribution in [3.63, 3.8) is 0 Å². The van der Waals surface area contributed by atoms with Gasteiger partial charge >= 0.3 is 283 Å². The molecule has 3 aromatic rings. The third kappa shape index (κ3) is 4.78. The van der Waals surface area contributed by atoms with Gasteiger partial charge in [-0.05, 0) is 0 Å². The average molecular weight is 775 g/mol. The molecule has 0 saturated heterocycles. The fraction of sp³-hybridized carbons (Fsp3) is 0.386. The van der Waals surface area contributed by atoms with Gasteiger partial charge in [0, 0.05) is 0 Å². The van der Waals surface area contributed by atoms with E-state index in [1.54, 1.807) is 17.3 Å². The van der Waals surface area contributed by atoms with Crippen LogP contribution in [0, 0.1) is 5.92 Å². The molecular weight excluding hydrogens is 719 g/mol. The Morgan fingerprint density at radius 3 is 1.90 bits per heavy atom. The van der Waals surface area contributed by atoms with Crippen LogP contribution in [0.3, 0.4) is 0 Å². The van der Waals surface area contributed by atoms with Gasteiger partial charge in [-0.2, -0.15) is 0 Å². The summed E-state index contributed by atoms with van der Waals surface area (Å²) in [5.41, 5.74) is 16.3. The first-order valence-electron chi connectivity index (χ1n) is 17.7. The van der Waals surface area contributed by atoms with Crippen molar-refractivity contribution in [2.45, 2.75) is 103 Å². The van der Waals surface area contributed by atoms with Crippen molar-refractivity contribution in [1.82, 2.24) is 0 Å². The predicted octanol–water partition coefficient (Wildman–Crippen LogP) is 12.4. The summed E-state index contributed by atoms with van der Waals surface area (Å²) in [5.74, 6) is 0.421.